The average molecular weight is 406 g/mol. The highest BCUT2D eigenvalue weighted by Crippen LogP contribution is 2.18. The lowest BCUT2D eigenvalue weighted by Crippen LogP contribution is -2.43. The van der Waals surface area contributed by atoms with Gasteiger partial charge in [0.1, 0.15) is 0 Å². The predicted octanol–water partition coefficient (Wildman–Crippen LogP) is 1.86. The van der Waals surface area contributed by atoms with Crippen molar-refractivity contribution < 1.29 is 0 Å². The lowest BCUT2D eigenvalue weighted by Gasteiger charge is -2.28. The van der Waals surface area contributed by atoms with E-state index in [1.165, 1.54) is 24.9 Å². The van der Waals surface area contributed by atoms with Crippen LogP contribution in [-0.4, -0.2) is 68.5 Å². The summed E-state index contributed by atoms with van der Waals surface area (Å²) >= 11 is 0. The topological polar surface area (TPSA) is 78.9 Å². The average Bonchev–Trinajstić information content (AvgIpc) is 3.49. The number of hydrogen-bond donors (Lipinski definition) is 1. The molecule has 4 aromatic heterocycles. The third-order valence-corrected chi connectivity index (χ3v) is 5.67. The Morgan fingerprint density at radius 3 is 1.77 bits per heavy atom. The fourth-order valence-electron chi connectivity index (χ4n) is 4.00. The Balaban J connectivity index is 0.000000128. The molecule has 1 N–H and O–H groups in total. The van der Waals surface area contributed by atoms with E-state index < -0.39 is 0 Å². The van der Waals surface area contributed by atoms with Gasteiger partial charge < -0.3 is 15.1 Å². The molecule has 156 valence electrons. The quantitative estimate of drug-likeness (QED) is 0.545. The van der Waals surface area contributed by atoms with E-state index in [1.54, 1.807) is 12.4 Å². The molecule has 0 bridgehead atoms. The van der Waals surface area contributed by atoms with Crippen molar-refractivity contribution in [2.45, 2.75) is 19.3 Å². The molecule has 0 radical (unpaired) electrons. The number of rotatable bonds is 2. The smallest absolute Gasteiger partial charge is 0.155 e. The molecule has 0 spiro atoms. The van der Waals surface area contributed by atoms with Gasteiger partial charge in [0.2, 0.25) is 0 Å². The van der Waals surface area contributed by atoms with Gasteiger partial charge in [-0.1, -0.05) is 0 Å². The lowest BCUT2D eigenvalue weighted by molar-refractivity contribution is 0.576. The number of hydrogen-bond acceptors (Lipinski definition) is 7. The van der Waals surface area contributed by atoms with Gasteiger partial charge in [-0.15, -0.1) is 0 Å². The Labute approximate surface area is 175 Å². The third kappa shape index (κ3) is 4.06. The molecule has 0 aliphatic carbocycles. The van der Waals surface area contributed by atoms with Crippen LogP contribution in [0.15, 0.2) is 49.3 Å². The molecule has 0 atom stereocenters. The SMILES string of the molecule is c1cc2ncc(N3CCCCC3)cn2n1.c1cc2ncc(N3CCNCC3)cn2n1. The van der Waals surface area contributed by atoms with Gasteiger partial charge in [-0.3, -0.25) is 0 Å². The van der Waals surface area contributed by atoms with Crippen LogP contribution in [0.4, 0.5) is 11.4 Å². The maximum absolute atomic E-state index is 4.38. The summed E-state index contributed by atoms with van der Waals surface area (Å²) in [6.07, 6.45) is 15.4. The van der Waals surface area contributed by atoms with Crippen molar-refractivity contribution in [3.63, 3.8) is 0 Å². The minimum atomic E-state index is 0.897. The van der Waals surface area contributed by atoms with E-state index in [2.05, 4.69) is 41.5 Å². The summed E-state index contributed by atoms with van der Waals surface area (Å²) in [5.74, 6) is 0. The molecule has 2 aliphatic heterocycles. The Kier molecular flexibility index (Phi) is 5.43. The van der Waals surface area contributed by atoms with Crippen LogP contribution < -0.4 is 15.1 Å². The lowest BCUT2D eigenvalue weighted by atomic mass is 10.1. The first-order valence-corrected chi connectivity index (χ1v) is 10.7. The van der Waals surface area contributed by atoms with Crippen LogP contribution in [-0.2, 0) is 0 Å². The van der Waals surface area contributed by atoms with Crippen LogP contribution in [0.3, 0.4) is 0 Å². The van der Waals surface area contributed by atoms with Crippen molar-refractivity contribution >= 4 is 22.7 Å². The van der Waals surface area contributed by atoms with E-state index in [0.29, 0.717) is 0 Å². The summed E-state index contributed by atoms with van der Waals surface area (Å²) in [7, 11) is 0. The van der Waals surface area contributed by atoms with Crippen molar-refractivity contribution in [3.05, 3.63) is 49.3 Å². The molecule has 2 fully saturated rings. The molecular weight excluding hydrogens is 378 g/mol. The first-order chi connectivity index (χ1) is 14.9. The largest absolute Gasteiger partial charge is 0.369 e. The van der Waals surface area contributed by atoms with E-state index in [0.717, 1.165) is 56.3 Å². The van der Waals surface area contributed by atoms with Gasteiger partial charge >= 0.3 is 0 Å². The normalized spacial score (nSPS) is 17.2. The van der Waals surface area contributed by atoms with Crippen LogP contribution in [0.1, 0.15) is 19.3 Å². The van der Waals surface area contributed by atoms with Crippen LogP contribution in [0, 0.1) is 0 Å². The molecule has 0 unspecified atom stereocenters. The van der Waals surface area contributed by atoms with Crippen molar-refractivity contribution in [1.82, 2.24) is 34.5 Å². The van der Waals surface area contributed by atoms with Gasteiger partial charge in [-0.05, 0) is 19.3 Å². The van der Waals surface area contributed by atoms with Gasteiger partial charge in [0.15, 0.2) is 11.3 Å². The number of aromatic nitrogens is 6. The monoisotopic (exact) mass is 405 g/mol. The minimum Gasteiger partial charge on any atom is -0.369 e. The number of nitrogens with one attached hydrogen (secondary N) is 1. The number of nitrogens with zero attached hydrogens (tertiary/aromatic N) is 8. The molecular formula is C21H27N9. The first-order valence-electron chi connectivity index (χ1n) is 10.7. The standard InChI is InChI=1S/C11H14N4.C10H13N5/c1-2-6-14(7-3-1)10-8-12-11-4-5-13-15(11)9-10;1-2-13-15-8-9(7-12-10(1)15)14-5-3-11-4-6-14/h4-5,8-9H,1-3,6-7H2;1-2,7-8,11H,3-6H2. The fraction of sp³-hybridized carbons (Fsp3) is 0.429. The third-order valence-electron chi connectivity index (χ3n) is 5.67. The molecule has 30 heavy (non-hydrogen) atoms. The van der Waals surface area contributed by atoms with E-state index >= 15 is 0 Å². The predicted molar refractivity (Wildman–Crippen MR) is 117 cm³/mol. The maximum Gasteiger partial charge on any atom is 0.155 e. The zero-order valence-corrected chi connectivity index (χ0v) is 17.1. The molecule has 4 aromatic rings. The van der Waals surface area contributed by atoms with Crippen molar-refractivity contribution in [2.24, 2.45) is 0 Å². The van der Waals surface area contributed by atoms with E-state index in [-0.39, 0.29) is 0 Å². The van der Waals surface area contributed by atoms with Crippen LogP contribution in [0.25, 0.3) is 11.3 Å². The van der Waals surface area contributed by atoms with E-state index in [1.807, 2.05) is 39.8 Å². The zero-order valence-electron chi connectivity index (χ0n) is 17.1. The number of piperazine rings is 1. The molecule has 6 rings (SSSR count). The molecule has 9 heteroatoms. The summed E-state index contributed by atoms with van der Waals surface area (Å²) in [6, 6.07) is 3.82. The molecule has 2 aliphatic rings. The van der Waals surface area contributed by atoms with Gasteiger partial charge in [0, 0.05) is 51.4 Å². The second-order valence-corrected chi connectivity index (χ2v) is 7.68. The van der Waals surface area contributed by atoms with Crippen molar-refractivity contribution in [1.29, 1.82) is 0 Å². The Bertz CT molecular complexity index is 1000. The highest BCUT2D eigenvalue weighted by Gasteiger charge is 2.12. The van der Waals surface area contributed by atoms with Gasteiger partial charge in [-0.2, -0.15) is 10.2 Å². The van der Waals surface area contributed by atoms with E-state index in [9.17, 15) is 0 Å². The summed E-state index contributed by atoms with van der Waals surface area (Å²) in [5.41, 5.74) is 4.14. The second kappa shape index (κ2) is 8.66. The number of anilines is 2. The Morgan fingerprint density at radius 2 is 1.20 bits per heavy atom. The minimum absolute atomic E-state index is 0.897. The summed E-state index contributed by atoms with van der Waals surface area (Å²) < 4.78 is 3.65. The number of piperidine rings is 1. The van der Waals surface area contributed by atoms with Gasteiger partial charge in [-0.25, -0.2) is 19.0 Å². The fourth-order valence-corrected chi connectivity index (χ4v) is 4.00. The van der Waals surface area contributed by atoms with Gasteiger partial charge in [0.05, 0.1) is 48.6 Å². The molecule has 0 saturated carbocycles. The van der Waals surface area contributed by atoms with Crippen molar-refractivity contribution in [3.8, 4) is 0 Å². The molecule has 9 nitrogen and oxygen atoms in total. The highest BCUT2D eigenvalue weighted by atomic mass is 15.3. The Morgan fingerprint density at radius 1 is 0.667 bits per heavy atom. The summed E-state index contributed by atoms with van der Waals surface area (Å²) in [5, 5.41) is 11.7. The summed E-state index contributed by atoms with van der Waals surface area (Å²) in [6.45, 7) is 6.44. The summed E-state index contributed by atoms with van der Waals surface area (Å²) in [4.78, 5) is 13.4. The van der Waals surface area contributed by atoms with Crippen LogP contribution in [0.5, 0.6) is 0 Å². The van der Waals surface area contributed by atoms with Gasteiger partial charge in [0.25, 0.3) is 0 Å². The number of fused-ring (bicyclic) bond motifs is 2. The highest BCUT2D eigenvalue weighted by molar-refractivity contribution is 5.49. The van der Waals surface area contributed by atoms with Crippen molar-refractivity contribution in [2.75, 3.05) is 49.1 Å². The zero-order chi connectivity index (χ0) is 20.2. The molecule has 6 heterocycles. The van der Waals surface area contributed by atoms with E-state index in [4.69, 9.17) is 0 Å². The first kappa shape index (κ1) is 18.8. The van der Waals surface area contributed by atoms with Crippen LogP contribution in [0.2, 0.25) is 0 Å². The maximum atomic E-state index is 4.38. The van der Waals surface area contributed by atoms with Crippen LogP contribution >= 0.6 is 0 Å². The Hall–Kier alpha value is -3.20. The molecule has 0 aromatic carbocycles. The molecule has 2 saturated heterocycles. The second-order valence-electron chi connectivity index (χ2n) is 7.68. The molecule has 0 amide bonds.